The molecule has 136 valence electrons. The van der Waals surface area contributed by atoms with Crippen LogP contribution in [0.5, 0.6) is 0 Å². The number of nitrogens with one attached hydrogen (secondary N) is 2. The van der Waals surface area contributed by atoms with Crippen molar-refractivity contribution in [2.24, 2.45) is 0 Å². The van der Waals surface area contributed by atoms with Crippen molar-refractivity contribution >= 4 is 23.2 Å². The minimum Gasteiger partial charge on any atom is -0.364 e. The van der Waals surface area contributed by atoms with Crippen molar-refractivity contribution in [1.29, 1.82) is 0 Å². The van der Waals surface area contributed by atoms with Crippen LogP contribution >= 0.6 is 0 Å². The number of carbonyl (C=O) groups excluding carboxylic acids is 2. The summed E-state index contributed by atoms with van der Waals surface area (Å²) in [5.41, 5.74) is 2.29. The predicted octanol–water partition coefficient (Wildman–Crippen LogP) is 3.25. The number of hydrogen-bond donors (Lipinski definition) is 2. The molecule has 2 heterocycles. The molecule has 3 aromatic rings. The minimum absolute atomic E-state index is 0.0251. The first-order valence-electron chi connectivity index (χ1n) is 8.43. The van der Waals surface area contributed by atoms with Crippen molar-refractivity contribution in [2.45, 2.75) is 20.4 Å². The van der Waals surface area contributed by atoms with Gasteiger partial charge in [0.15, 0.2) is 5.78 Å². The van der Waals surface area contributed by atoms with E-state index in [4.69, 9.17) is 0 Å². The molecule has 0 atom stereocenters. The highest BCUT2D eigenvalue weighted by molar-refractivity contribution is 6.03. The number of nitrogens with zero attached hydrogens (tertiary/aromatic N) is 3. The van der Waals surface area contributed by atoms with E-state index in [1.54, 1.807) is 43.5 Å². The van der Waals surface area contributed by atoms with Gasteiger partial charge >= 0.3 is 0 Å². The standard InChI is InChI=1S/C20H19N5O2/c1-13(26)15-6-8-16(9-7-15)25-20(27)18-11-19(24-14(2)23-18)22-12-17-5-3-4-10-21-17/h3-11H,12H2,1-2H3,(H,25,27)(H,22,23,24). The molecular weight excluding hydrogens is 342 g/mol. The third-order valence-electron chi connectivity index (χ3n) is 3.80. The molecule has 1 aromatic carbocycles. The Balaban J connectivity index is 1.70. The van der Waals surface area contributed by atoms with E-state index < -0.39 is 0 Å². The molecule has 0 fully saturated rings. The first-order valence-corrected chi connectivity index (χ1v) is 8.43. The maximum Gasteiger partial charge on any atom is 0.274 e. The molecule has 0 bridgehead atoms. The van der Waals surface area contributed by atoms with Gasteiger partial charge in [0, 0.05) is 23.5 Å². The largest absolute Gasteiger partial charge is 0.364 e. The number of pyridine rings is 1. The summed E-state index contributed by atoms with van der Waals surface area (Å²) in [6.45, 7) is 3.71. The molecule has 3 rings (SSSR count). The molecule has 27 heavy (non-hydrogen) atoms. The third kappa shape index (κ3) is 4.94. The number of benzene rings is 1. The van der Waals surface area contributed by atoms with Crippen molar-refractivity contribution in [3.8, 4) is 0 Å². The lowest BCUT2D eigenvalue weighted by Gasteiger charge is -2.09. The topological polar surface area (TPSA) is 96.9 Å². The zero-order valence-electron chi connectivity index (χ0n) is 15.1. The molecule has 0 saturated carbocycles. The van der Waals surface area contributed by atoms with E-state index in [0.29, 0.717) is 29.4 Å². The van der Waals surface area contributed by atoms with Gasteiger partial charge in [0.05, 0.1) is 12.2 Å². The summed E-state index contributed by atoms with van der Waals surface area (Å²) in [6, 6.07) is 14.0. The van der Waals surface area contributed by atoms with Crippen molar-refractivity contribution in [3.05, 3.63) is 77.5 Å². The van der Waals surface area contributed by atoms with Crippen molar-refractivity contribution in [1.82, 2.24) is 15.0 Å². The molecule has 0 radical (unpaired) electrons. The fraction of sp³-hybridized carbons (Fsp3) is 0.150. The second-order valence-electron chi connectivity index (χ2n) is 5.95. The van der Waals surface area contributed by atoms with Crippen LogP contribution in [0.25, 0.3) is 0 Å². The Labute approximate surface area is 156 Å². The molecule has 1 amide bonds. The maximum atomic E-state index is 12.5. The van der Waals surface area contributed by atoms with Crippen LogP contribution in [0, 0.1) is 6.92 Å². The first-order chi connectivity index (χ1) is 13.0. The average molecular weight is 361 g/mol. The molecule has 0 spiro atoms. The molecular formula is C20H19N5O2. The molecule has 0 aliphatic rings. The zero-order chi connectivity index (χ0) is 19.2. The summed E-state index contributed by atoms with van der Waals surface area (Å²) >= 11 is 0. The fourth-order valence-electron chi connectivity index (χ4n) is 2.44. The summed E-state index contributed by atoms with van der Waals surface area (Å²) in [4.78, 5) is 36.6. The Morgan fingerprint density at radius 1 is 1.04 bits per heavy atom. The number of aryl methyl sites for hydroxylation is 1. The van der Waals surface area contributed by atoms with Gasteiger partial charge in [-0.2, -0.15) is 0 Å². The van der Waals surface area contributed by atoms with Crippen LogP contribution in [0.15, 0.2) is 54.7 Å². The summed E-state index contributed by atoms with van der Waals surface area (Å²) in [6.07, 6.45) is 1.72. The van der Waals surface area contributed by atoms with Gasteiger partial charge in [-0.25, -0.2) is 9.97 Å². The number of amides is 1. The number of Topliss-reactive ketones (excluding diaryl/α,β-unsaturated/α-hetero) is 1. The Morgan fingerprint density at radius 2 is 1.81 bits per heavy atom. The van der Waals surface area contributed by atoms with Gasteiger partial charge < -0.3 is 10.6 Å². The average Bonchev–Trinajstić information content (AvgIpc) is 2.67. The van der Waals surface area contributed by atoms with Gasteiger partial charge in [-0.05, 0) is 50.2 Å². The zero-order valence-corrected chi connectivity index (χ0v) is 15.1. The molecule has 2 aromatic heterocycles. The van der Waals surface area contributed by atoms with Crippen molar-refractivity contribution in [3.63, 3.8) is 0 Å². The third-order valence-corrected chi connectivity index (χ3v) is 3.80. The Bertz CT molecular complexity index is 956. The fourth-order valence-corrected chi connectivity index (χ4v) is 2.44. The number of ketones is 1. The molecule has 7 nitrogen and oxygen atoms in total. The second kappa shape index (κ2) is 8.18. The van der Waals surface area contributed by atoms with E-state index in [0.717, 1.165) is 5.69 Å². The molecule has 0 saturated heterocycles. The smallest absolute Gasteiger partial charge is 0.274 e. The van der Waals surface area contributed by atoms with Crippen LogP contribution < -0.4 is 10.6 Å². The number of hydrogen-bond acceptors (Lipinski definition) is 6. The van der Waals surface area contributed by atoms with E-state index in [1.165, 1.54) is 6.92 Å². The monoisotopic (exact) mass is 361 g/mol. The Morgan fingerprint density at radius 3 is 2.48 bits per heavy atom. The molecule has 7 heteroatoms. The van der Waals surface area contributed by atoms with E-state index in [1.807, 2.05) is 18.2 Å². The van der Waals surface area contributed by atoms with Crippen LogP contribution in [0.1, 0.15) is 39.3 Å². The van der Waals surface area contributed by atoms with Crippen molar-refractivity contribution < 1.29 is 9.59 Å². The summed E-state index contributed by atoms with van der Waals surface area (Å²) in [7, 11) is 0. The normalized spacial score (nSPS) is 10.3. The van der Waals surface area contributed by atoms with Crippen LogP contribution in [0.4, 0.5) is 11.5 Å². The van der Waals surface area contributed by atoms with Gasteiger partial charge in [-0.15, -0.1) is 0 Å². The molecule has 0 aliphatic carbocycles. The van der Waals surface area contributed by atoms with Crippen LogP contribution in [-0.4, -0.2) is 26.6 Å². The number of rotatable bonds is 6. The summed E-state index contributed by atoms with van der Waals surface area (Å²) in [5, 5.41) is 5.92. The van der Waals surface area contributed by atoms with Gasteiger partial charge in [0.1, 0.15) is 17.3 Å². The van der Waals surface area contributed by atoms with Crippen molar-refractivity contribution in [2.75, 3.05) is 10.6 Å². The van der Waals surface area contributed by atoms with Crippen LogP contribution in [0.2, 0.25) is 0 Å². The van der Waals surface area contributed by atoms with Crippen LogP contribution in [0.3, 0.4) is 0 Å². The first kappa shape index (κ1) is 18.2. The maximum absolute atomic E-state index is 12.5. The van der Waals surface area contributed by atoms with Gasteiger partial charge in [0.2, 0.25) is 0 Å². The van der Waals surface area contributed by atoms with Gasteiger partial charge in [-0.1, -0.05) is 6.07 Å². The quantitative estimate of drug-likeness (QED) is 0.654. The van der Waals surface area contributed by atoms with E-state index in [9.17, 15) is 9.59 Å². The molecule has 0 unspecified atom stereocenters. The second-order valence-corrected chi connectivity index (χ2v) is 5.95. The predicted molar refractivity (Wildman–Crippen MR) is 103 cm³/mol. The molecule has 0 aliphatic heterocycles. The molecule has 2 N–H and O–H groups in total. The minimum atomic E-state index is -0.350. The lowest BCUT2D eigenvalue weighted by Crippen LogP contribution is -2.16. The number of anilines is 2. The lowest BCUT2D eigenvalue weighted by atomic mass is 10.1. The highest BCUT2D eigenvalue weighted by atomic mass is 16.2. The number of carbonyl (C=O) groups is 2. The number of aromatic nitrogens is 3. The van der Waals surface area contributed by atoms with Gasteiger partial charge in [0.25, 0.3) is 5.91 Å². The van der Waals surface area contributed by atoms with Gasteiger partial charge in [-0.3, -0.25) is 14.6 Å². The Hall–Kier alpha value is -3.61. The Kier molecular flexibility index (Phi) is 5.51. The highest BCUT2D eigenvalue weighted by Gasteiger charge is 2.11. The van der Waals surface area contributed by atoms with E-state index in [2.05, 4.69) is 25.6 Å². The summed E-state index contributed by atoms with van der Waals surface area (Å²) < 4.78 is 0. The SMILES string of the molecule is CC(=O)c1ccc(NC(=O)c2cc(NCc3ccccn3)nc(C)n2)cc1. The van der Waals surface area contributed by atoms with E-state index >= 15 is 0 Å². The van der Waals surface area contributed by atoms with E-state index in [-0.39, 0.29) is 17.4 Å². The van der Waals surface area contributed by atoms with Crippen LogP contribution in [-0.2, 0) is 6.54 Å². The summed E-state index contributed by atoms with van der Waals surface area (Å²) in [5.74, 6) is 0.656. The highest BCUT2D eigenvalue weighted by Crippen LogP contribution is 2.13. The lowest BCUT2D eigenvalue weighted by molar-refractivity contribution is 0.101.